The van der Waals surface area contributed by atoms with Crippen LogP contribution in [-0.2, 0) is 10.3 Å². The molecule has 1 saturated carbocycles. The number of aliphatic hydroxyl groups is 1. The van der Waals surface area contributed by atoms with Crippen molar-refractivity contribution in [2.75, 3.05) is 39.9 Å². The van der Waals surface area contributed by atoms with Crippen molar-refractivity contribution in [2.45, 2.75) is 89.2 Å². The van der Waals surface area contributed by atoms with Crippen LogP contribution in [-0.4, -0.2) is 62.0 Å². The molecule has 1 aromatic rings. The van der Waals surface area contributed by atoms with Gasteiger partial charge in [-0.15, -0.1) is 0 Å². The second-order valence-electron chi connectivity index (χ2n) is 10.9. The number of ether oxygens (including phenoxy) is 1. The van der Waals surface area contributed by atoms with E-state index in [1.807, 2.05) is 14.0 Å². The maximum atomic E-state index is 15.0. The van der Waals surface area contributed by atoms with E-state index in [1.165, 1.54) is 44.2 Å². The average molecular weight is 524 g/mol. The molecule has 0 radical (unpaired) electrons. The van der Waals surface area contributed by atoms with Gasteiger partial charge >= 0.3 is 6.03 Å². The van der Waals surface area contributed by atoms with E-state index >= 15 is 0 Å². The summed E-state index contributed by atoms with van der Waals surface area (Å²) in [5.74, 6) is -1.72. The van der Waals surface area contributed by atoms with E-state index in [2.05, 4.69) is 10.6 Å². The highest BCUT2D eigenvalue weighted by atomic mass is 19.2. The van der Waals surface area contributed by atoms with Gasteiger partial charge in [0.15, 0.2) is 11.6 Å². The first kappa shape index (κ1) is 29.8. The van der Waals surface area contributed by atoms with Crippen molar-refractivity contribution in [3.05, 3.63) is 35.4 Å². The van der Waals surface area contributed by atoms with Crippen LogP contribution in [0.5, 0.6) is 0 Å². The maximum Gasteiger partial charge on any atom is 0.317 e. The maximum absolute atomic E-state index is 15.0. The summed E-state index contributed by atoms with van der Waals surface area (Å²) < 4.78 is 34.6. The van der Waals surface area contributed by atoms with E-state index in [-0.39, 0.29) is 24.1 Å². The van der Waals surface area contributed by atoms with Crippen LogP contribution in [0, 0.1) is 23.5 Å². The normalized spacial score (nSPS) is 21.4. The molecule has 8 heteroatoms. The lowest BCUT2D eigenvalue weighted by atomic mass is 9.74. The van der Waals surface area contributed by atoms with Gasteiger partial charge in [0.2, 0.25) is 0 Å². The molecule has 1 aliphatic carbocycles. The Bertz CT molecular complexity index is 837. The molecule has 2 amide bonds. The van der Waals surface area contributed by atoms with Crippen LogP contribution in [0.4, 0.5) is 13.6 Å². The minimum atomic E-state index is -1.57. The van der Waals surface area contributed by atoms with Gasteiger partial charge in [-0.3, -0.25) is 0 Å². The number of likely N-dealkylation sites (N-methyl/N-ethyl adjacent to an activating group) is 1. The van der Waals surface area contributed by atoms with Gasteiger partial charge in [0.05, 0.1) is 5.60 Å². The van der Waals surface area contributed by atoms with E-state index in [1.54, 1.807) is 4.90 Å². The van der Waals surface area contributed by atoms with Crippen LogP contribution in [0.2, 0.25) is 0 Å². The molecule has 1 aliphatic heterocycles. The Hall–Kier alpha value is -1.77. The Kier molecular flexibility index (Phi) is 12.1. The van der Waals surface area contributed by atoms with Crippen molar-refractivity contribution in [2.24, 2.45) is 11.8 Å². The molecular formula is C29H47F2N3O3. The molecule has 3 unspecified atom stereocenters. The molecule has 0 aromatic heterocycles. The minimum absolute atomic E-state index is 0.0125. The zero-order valence-corrected chi connectivity index (χ0v) is 22.7. The lowest BCUT2D eigenvalue weighted by Crippen LogP contribution is -2.54. The standard InChI is InChI=1S/C29H47F2N3O3/c1-3-37-18-8-7-16-29(36,25-14-9-15-26(30)27(25)31)23-13-10-17-34(21-23)28(35)33-24(20-32-2)19-22-11-5-4-6-12-22/h9,14-15,22-24,32,36H,3-8,10-13,16-21H2,1-2H3,(H,33,35). The highest BCUT2D eigenvalue weighted by Gasteiger charge is 2.43. The minimum Gasteiger partial charge on any atom is -0.385 e. The van der Waals surface area contributed by atoms with Crippen molar-refractivity contribution in [3.8, 4) is 0 Å². The van der Waals surface area contributed by atoms with Crippen LogP contribution >= 0.6 is 0 Å². The number of nitrogens with one attached hydrogen (secondary N) is 2. The molecule has 1 aromatic carbocycles. The molecule has 2 fully saturated rings. The predicted molar refractivity (Wildman–Crippen MR) is 142 cm³/mol. The fourth-order valence-electron chi connectivity index (χ4n) is 6.22. The number of benzene rings is 1. The summed E-state index contributed by atoms with van der Waals surface area (Å²) in [5, 5.41) is 18.4. The number of carbonyl (C=O) groups excluding carboxylic acids is 1. The summed E-state index contributed by atoms with van der Waals surface area (Å²) in [4.78, 5) is 15.1. The van der Waals surface area contributed by atoms with Crippen LogP contribution < -0.4 is 10.6 Å². The van der Waals surface area contributed by atoms with E-state index in [0.717, 1.165) is 18.9 Å². The molecule has 210 valence electrons. The van der Waals surface area contributed by atoms with E-state index < -0.39 is 23.2 Å². The smallest absolute Gasteiger partial charge is 0.317 e. The topological polar surface area (TPSA) is 73.8 Å². The van der Waals surface area contributed by atoms with Gasteiger partial charge in [0.1, 0.15) is 0 Å². The number of amides is 2. The largest absolute Gasteiger partial charge is 0.385 e. The van der Waals surface area contributed by atoms with Gasteiger partial charge in [0.25, 0.3) is 0 Å². The van der Waals surface area contributed by atoms with E-state index in [4.69, 9.17) is 4.74 Å². The van der Waals surface area contributed by atoms with Gasteiger partial charge in [-0.1, -0.05) is 44.2 Å². The highest BCUT2D eigenvalue weighted by molar-refractivity contribution is 5.74. The molecule has 37 heavy (non-hydrogen) atoms. The zero-order chi connectivity index (χ0) is 26.7. The monoisotopic (exact) mass is 523 g/mol. The first-order valence-electron chi connectivity index (χ1n) is 14.3. The second kappa shape index (κ2) is 15.0. The molecule has 0 bridgehead atoms. The van der Waals surface area contributed by atoms with Gasteiger partial charge in [0, 0.05) is 50.4 Å². The third-order valence-corrected chi connectivity index (χ3v) is 8.22. The van der Waals surface area contributed by atoms with E-state index in [9.17, 15) is 18.7 Å². The summed E-state index contributed by atoms with van der Waals surface area (Å²) in [6, 6.07) is 3.90. The average Bonchev–Trinajstić information content (AvgIpc) is 2.90. The number of halogens is 2. The van der Waals surface area contributed by atoms with Crippen molar-refractivity contribution >= 4 is 6.03 Å². The van der Waals surface area contributed by atoms with Crippen molar-refractivity contribution < 1.29 is 23.4 Å². The molecule has 2 aliphatic rings. The summed E-state index contributed by atoms with van der Waals surface area (Å²) in [6.45, 7) is 4.70. The number of hydrogen-bond acceptors (Lipinski definition) is 4. The molecule has 3 atom stereocenters. The first-order chi connectivity index (χ1) is 17.9. The van der Waals surface area contributed by atoms with Crippen molar-refractivity contribution in [1.82, 2.24) is 15.5 Å². The molecule has 0 spiro atoms. The molecular weight excluding hydrogens is 476 g/mol. The summed E-state index contributed by atoms with van der Waals surface area (Å²) in [5.41, 5.74) is -1.58. The number of rotatable bonds is 13. The van der Waals surface area contributed by atoms with Gasteiger partial charge in [-0.25, -0.2) is 13.6 Å². The lowest BCUT2D eigenvalue weighted by molar-refractivity contribution is -0.0593. The number of hydrogen-bond donors (Lipinski definition) is 3. The summed E-state index contributed by atoms with van der Waals surface area (Å²) >= 11 is 0. The fraction of sp³-hybridized carbons (Fsp3) is 0.759. The fourth-order valence-corrected chi connectivity index (χ4v) is 6.22. The molecule has 3 N–H and O–H groups in total. The van der Waals surface area contributed by atoms with Crippen molar-refractivity contribution in [1.29, 1.82) is 0 Å². The van der Waals surface area contributed by atoms with E-state index in [0.29, 0.717) is 58.0 Å². The predicted octanol–water partition coefficient (Wildman–Crippen LogP) is 5.34. The molecule has 1 heterocycles. The number of likely N-dealkylation sites (tertiary alicyclic amines) is 1. The SMILES string of the molecule is CCOCCCCC(O)(c1cccc(F)c1F)C1CCCN(C(=O)NC(CNC)CC2CCCCC2)C1. The Morgan fingerprint density at radius 3 is 2.70 bits per heavy atom. The zero-order valence-electron chi connectivity index (χ0n) is 22.7. The van der Waals surface area contributed by atoms with Gasteiger partial charge in [-0.2, -0.15) is 0 Å². The number of urea groups is 1. The third-order valence-electron chi connectivity index (χ3n) is 8.22. The quantitative estimate of drug-likeness (QED) is 0.305. The summed E-state index contributed by atoms with van der Waals surface area (Å²) in [6.07, 6.45) is 10.2. The molecule has 1 saturated heterocycles. The first-order valence-corrected chi connectivity index (χ1v) is 14.3. The lowest BCUT2D eigenvalue weighted by Gasteiger charge is -2.43. The molecule has 6 nitrogen and oxygen atoms in total. The highest BCUT2D eigenvalue weighted by Crippen LogP contribution is 2.41. The van der Waals surface area contributed by atoms with Crippen LogP contribution in [0.1, 0.15) is 83.1 Å². The Labute approximate surface area is 221 Å². The Balaban J connectivity index is 1.71. The van der Waals surface area contributed by atoms with Gasteiger partial charge < -0.3 is 25.4 Å². The Morgan fingerprint density at radius 2 is 1.97 bits per heavy atom. The Morgan fingerprint density at radius 1 is 1.19 bits per heavy atom. The summed E-state index contributed by atoms with van der Waals surface area (Å²) in [7, 11) is 1.90. The number of carbonyl (C=O) groups is 1. The number of nitrogens with zero attached hydrogens (tertiary/aromatic N) is 1. The van der Waals surface area contributed by atoms with Gasteiger partial charge in [-0.05, 0) is 64.5 Å². The molecule has 3 rings (SSSR count). The van der Waals surface area contributed by atoms with Crippen LogP contribution in [0.15, 0.2) is 18.2 Å². The van der Waals surface area contributed by atoms with Crippen LogP contribution in [0.25, 0.3) is 0 Å². The van der Waals surface area contributed by atoms with Crippen molar-refractivity contribution in [3.63, 3.8) is 0 Å². The number of piperidine rings is 1. The van der Waals surface area contributed by atoms with Crippen LogP contribution in [0.3, 0.4) is 0 Å². The third kappa shape index (κ3) is 8.36. The number of unbranched alkanes of at least 4 members (excludes halogenated alkanes) is 1. The second-order valence-corrected chi connectivity index (χ2v) is 10.9.